The molecule has 39 heavy (non-hydrogen) atoms. The van der Waals surface area contributed by atoms with E-state index in [1.54, 1.807) is 18.3 Å². The van der Waals surface area contributed by atoms with Gasteiger partial charge in [-0.3, -0.25) is 4.98 Å². The minimum absolute atomic E-state index is 0.0766. The summed E-state index contributed by atoms with van der Waals surface area (Å²) in [4.78, 5) is 19.0. The summed E-state index contributed by atoms with van der Waals surface area (Å²) in [6.07, 6.45) is 6.09. The number of pyridine rings is 1. The fourth-order valence-electron chi connectivity index (χ4n) is 7.09. The Morgan fingerprint density at radius 2 is 1.74 bits per heavy atom. The Morgan fingerprint density at radius 1 is 0.974 bits per heavy atom. The molecule has 9 heteroatoms. The van der Waals surface area contributed by atoms with Crippen molar-refractivity contribution in [3.8, 4) is 17.0 Å². The Kier molecular flexibility index (Phi) is 5.22. The van der Waals surface area contributed by atoms with Crippen molar-refractivity contribution in [2.24, 2.45) is 5.41 Å². The quantitative estimate of drug-likeness (QED) is 0.410. The maximum absolute atomic E-state index is 16.5. The van der Waals surface area contributed by atoms with Gasteiger partial charge in [-0.05, 0) is 48.6 Å². The lowest BCUT2D eigenvalue weighted by Gasteiger charge is -2.52. The minimum Gasteiger partial charge on any atom is -0.508 e. The number of aromatic hydroxyl groups is 1. The second-order valence-electron chi connectivity index (χ2n) is 11.8. The molecule has 4 aromatic rings. The first-order chi connectivity index (χ1) is 19.1. The van der Waals surface area contributed by atoms with Gasteiger partial charge < -0.3 is 25.0 Å². The number of rotatable bonds is 3. The van der Waals surface area contributed by atoms with Crippen LogP contribution in [0.1, 0.15) is 25.7 Å². The zero-order valence-corrected chi connectivity index (χ0v) is 21.7. The Bertz CT molecular complexity index is 1590. The highest BCUT2D eigenvalue weighted by Crippen LogP contribution is 2.43. The summed E-state index contributed by atoms with van der Waals surface area (Å²) >= 11 is 0. The molecule has 200 valence electrons. The predicted molar refractivity (Wildman–Crippen MR) is 149 cm³/mol. The number of anilines is 2. The summed E-state index contributed by atoms with van der Waals surface area (Å²) in [5.74, 6) is 0.942. The molecule has 1 spiro atoms. The fourth-order valence-corrected chi connectivity index (χ4v) is 7.09. The average Bonchev–Trinajstić information content (AvgIpc) is 3.28. The van der Waals surface area contributed by atoms with E-state index in [0.29, 0.717) is 29.0 Å². The molecule has 2 bridgehead atoms. The highest BCUT2D eigenvalue weighted by atomic mass is 19.1. The lowest BCUT2D eigenvalue weighted by Crippen LogP contribution is -2.59. The Balaban J connectivity index is 1.27. The number of aromatic nitrogens is 3. The highest BCUT2D eigenvalue weighted by Gasteiger charge is 2.45. The van der Waals surface area contributed by atoms with Gasteiger partial charge in [-0.1, -0.05) is 24.3 Å². The molecule has 0 radical (unpaired) electrons. The predicted octanol–water partition coefficient (Wildman–Crippen LogP) is 4.25. The van der Waals surface area contributed by atoms with E-state index < -0.39 is 5.82 Å². The molecule has 8 nitrogen and oxygen atoms in total. The molecule has 2 aromatic carbocycles. The third-order valence-corrected chi connectivity index (χ3v) is 9.16. The molecule has 0 saturated carbocycles. The second kappa shape index (κ2) is 8.72. The molecule has 4 saturated heterocycles. The third kappa shape index (κ3) is 3.82. The van der Waals surface area contributed by atoms with Crippen LogP contribution < -0.4 is 15.1 Å². The van der Waals surface area contributed by atoms with Crippen molar-refractivity contribution in [2.75, 3.05) is 49.2 Å². The van der Waals surface area contributed by atoms with Gasteiger partial charge in [-0.2, -0.15) is 4.98 Å². The molecule has 6 heterocycles. The van der Waals surface area contributed by atoms with Gasteiger partial charge in [0.1, 0.15) is 22.8 Å². The van der Waals surface area contributed by atoms with E-state index in [1.807, 2.05) is 24.3 Å². The molecular weight excluding hydrogens is 495 g/mol. The van der Waals surface area contributed by atoms with Gasteiger partial charge in [-0.25, -0.2) is 9.37 Å². The lowest BCUT2D eigenvalue weighted by atomic mass is 9.73. The van der Waals surface area contributed by atoms with E-state index in [4.69, 9.17) is 14.7 Å². The van der Waals surface area contributed by atoms with Gasteiger partial charge in [-0.15, -0.1) is 0 Å². The summed E-state index contributed by atoms with van der Waals surface area (Å²) in [5, 5.41) is 16.4. The maximum atomic E-state index is 16.5. The number of halogens is 1. The van der Waals surface area contributed by atoms with Crippen molar-refractivity contribution in [2.45, 2.75) is 37.8 Å². The van der Waals surface area contributed by atoms with Crippen LogP contribution in [-0.2, 0) is 4.74 Å². The Morgan fingerprint density at radius 3 is 2.54 bits per heavy atom. The zero-order valence-electron chi connectivity index (χ0n) is 21.7. The first-order valence-electron chi connectivity index (χ1n) is 14.0. The van der Waals surface area contributed by atoms with E-state index in [-0.39, 0.29) is 22.4 Å². The highest BCUT2D eigenvalue weighted by molar-refractivity contribution is 6.00. The van der Waals surface area contributed by atoms with E-state index in [2.05, 4.69) is 20.1 Å². The van der Waals surface area contributed by atoms with Crippen LogP contribution in [0.15, 0.2) is 42.6 Å². The van der Waals surface area contributed by atoms with Gasteiger partial charge in [0.15, 0.2) is 5.82 Å². The number of hydrogen-bond donors (Lipinski definition) is 2. The average molecular weight is 527 g/mol. The van der Waals surface area contributed by atoms with Crippen molar-refractivity contribution in [1.82, 2.24) is 20.3 Å². The smallest absolute Gasteiger partial charge is 0.228 e. The summed E-state index contributed by atoms with van der Waals surface area (Å²) in [7, 11) is 0. The van der Waals surface area contributed by atoms with Crippen molar-refractivity contribution in [1.29, 1.82) is 0 Å². The molecule has 2 N–H and O–H groups in total. The standard InChI is InChI=1S/C30H31FN6O2/c31-25-26(23-12-21(38)11-18-3-1-2-4-22(18)23)32-13-24-27(25)34-29(37-16-30(17-37)7-9-39-10-8-30)35-28(24)36-14-19-5-6-20(15-36)33-19/h1-4,11-13,19-20,33,38H,5-10,14-17H2. The number of fused-ring (bicyclic) bond motifs is 4. The summed E-state index contributed by atoms with van der Waals surface area (Å²) in [5.41, 5.74) is 1.27. The number of nitrogens with zero attached hydrogens (tertiary/aromatic N) is 5. The van der Waals surface area contributed by atoms with Crippen molar-refractivity contribution in [3.63, 3.8) is 0 Å². The van der Waals surface area contributed by atoms with E-state index >= 15 is 4.39 Å². The number of phenolic OH excluding ortho intramolecular Hbond substituents is 1. The monoisotopic (exact) mass is 526 g/mol. The molecule has 0 amide bonds. The van der Waals surface area contributed by atoms with Gasteiger partial charge in [0.25, 0.3) is 0 Å². The molecule has 8 rings (SSSR count). The van der Waals surface area contributed by atoms with Crippen LogP contribution in [0.25, 0.3) is 32.9 Å². The SMILES string of the molecule is Oc1cc(-c2ncc3c(N4CC5CCC(C4)N5)nc(N4CC5(CCOCC5)C4)nc3c2F)c2ccccc2c1. The number of piperazine rings is 1. The third-order valence-electron chi connectivity index (χ3n) is 9.16. The largest absolute Gasteiger partial charge is 0.508 e. The van der Waals surface area contributed by atoms with E-state index in [1.165, 1.54) is 0 Å². The van der Waals surface area contributed by atoms with Crippen LogP contribution in [0, 0.1) is 11.2 Å². The second-order valence-corrected chi connectivity index (χ2v) is 11.8. The van der Waals surface area contributed by atoms with Crippen LogP contribution in [0.4, 0.5) is 16.2 Å². The van der Waals surface area contributed by atoms with Crippen molar-refractivity contribution >= 4 is 33.4 Å². The number of nitrogens with one attached hydrogen (secondary N) is 1. The van der Waals surface area contributed by atoms with Crippen molar-refractivity contribution < 1.29 is 14.2 Å². The number of benzene rings is 2. The summed E-state index contributed by atoms with van der Waals surface area (Å²) < 4.78 is 22.1. The zero-order chi connectivity index (χ0) is 26.1. The minimum atomic E-state index is -0.479. The maximum Gasteiger partial charge on any atom is 0.228 e. The topological polar surface area (TPSA) is 86.6 Å². The molecule has 2 unspecified atom stereocenters. The number of hydrogen-bond acceptors (Lipinski definition) is 8. The van der Waals surface area contributed by atoms with Crippen LogP contribution in [0.3, 0.4) is 0 Å². The molecule has 2 aromatic heterocycles. The number of phenols is 1. The van der Waals surface area contributed by atoms with E-state index in [9.17, 15) is 5.11 Å². The Hall–Kier alpha value is -3.56. The van der Waals surface area contributed by atoms with E-state index in [0.717, 1.165) is 81.7 Å². The summed E-state index contributed by atoms with van der Waals surface area (Å²) in [6.45, 7) is 5.00. The van der Waals surface area contributed by atoms with Crippen LogP contribution in [0.5, 0.6) is 5.75 Å². The summed E-state index contributed by atoms with van der Waals surface area (Å²) in [6, 6.07) is 11.8. The molecule has 2 atom stereocenters. The van der Waals surface area contributed by atoms with Gasteiger partial charge in [0.2, 0.25) is 5.95 Å². The van der Waals surface area contributed by atoms with Gasteiger partial charge >= 0.3 is 0 Å². The molecular formula is C30H31FN6O2. The Labute approximate surface area is 225 Å². The van der Waals surface area contributed by atoms with Crippen LogP contribution in [0.2, 0.25) is 0 Å². The van der Waals surface area contributed by atoms with Crippen LogP contribution in [-0.4, -0.2) is 71.5 Å². The van der Waals surface area contributed by atoms with Crippen molar-refractivity contribution in [3.05, 3.63) is 48.4 Å². The van der Waals surface area contributed by atoms with Gasteiger partial charge in [0, 0.05) is 68.7 Å². The first-order valence-corrected chi connectivity index (χ1v) is 14.0. The number of ether oxygens (including phenoxy) is 1. The first kappa shape index (κ1) is 23.3. The van der Waals surface area contributed by atoms with Gasteiger partial charge in [0.05, 0.1) is 5.39 Å². The molecule has 4 aliphatic rings. The molecule has 4 fully saturated rings. The van der Waals surface area contributed by atoms with Crippen LogP contribution >= 0.6 is 0 Å². The molecule has 0 aliphatic carbocycles. The fraction of sp³-hybridized carbons (Fsp3) is 0.433. The normalized spacial score (nSPS) is 24.0. The lowest BCUT2D eigenvalue weighted by molar-refractivity contribution is -0.000713. The molecule has 4 aliphatic heterocycles.